The van der Waals surface area contributed by atoms with Crippen molar-refractivity contribution in [2.45, 2.75) is 69.2 Å². The number of aromatic amines is 1. The fraction of sp³-hybridized carbons (Fsp3) is 0.583. The zero-order valence-corrected chi connectivity index (χ0v) is 29.3. The molecule has 7 N–H and O–H groups in total. The summed E-state index contributed by atoms with van der Waals surface area (Å²) in [7, 11) is -5.52. The lowest BCUT2D eigenvalue weighted by Crippen LogP contribution is -2.36. The number of nitrogens with zero attached hydrogens (tertiary/aromatic N) is 5. The molecule has 0 aliphatic carbocycles. The number of ether oxygens (including phenoxy) is 4. The van der Waals surface area contributed by atoms with Crippen LogP contribution in [0.25, 0.3) is 11.2 Å². The Hall–Kier alpha value is -3.35. The number of aromatic nitrogens is 6. The molecule has 3 fully saturated rings. The number of H-pyrrole nitrogens is 1. The van der Waals surface area contributed by atoms with E-state index >= 15 is 8.78 Å². The first kappa shape index (κ1) is 38.9. The molecule has 3 aliphatic rings. The Morgan fingerprint density at radius 2 is 1.80 bits per heavy atom. The summed E-state index contributed by atoms with van der Waals surface area (Å²) >= 11 is 0.230. The molecule has 0 spiro atoms. The van der Waals surface area contributed by atoms with Gasteiger partial charge in [-0.25, -0.2) is 37.9 Å². The number of imidazole rings is 1. The van der Waals surface area contributed by atoms with Crippen LogP contribution in [0, 0.1) is 0 Å². The van der Waals surface area contributed by atoms with Gasteiger partial charge in [-0.1, -0.05) is 0 Å². The third kappa shape index (κ3) is 8.33. The van der Waals surface area contributed by atoms with Gasteiger partial charge in [0.2, 0.25) is 0 Å². The number of nitrogens with two attached hydrogens (primary N) is 1. The summed E-state index contributed by atoms with van der Waals surface area (Å²) in [5, 5.41) is 0. The number of nitrogens with one attached hydrogen (secondary N) is 1. The average molecular weight is 789 g/mol. The van der Waals surface area contributed by atoms with Crippen molar-refractivity contribution in [3.63, 3.8) is 0 Å². The maximum atomic E-state index is 16.1. The van der Waals surface area contributed by atoms with Crippen molar-refractivity contribution < 1.29 is 64.6 Å². The van der Waals surface area contributed by atoms with Crippen molar-refractivity contribution in [3.8, 4) is 0 Å². The Labute approximate surface area is 288 Å². The van der Waals surface area contributed by atoms with Crippen molar-refractivity contribution in [3.05, 3.63) is 45.8 Å². The molecule has 6 heterocycles. The number of nitrogen functional groups attached to an aromatic ring is 1. The quantitative estimate of drug-likeness (QED) is 0.181. The van der Waals surface area contributed by atoms with Gasteiger partial charge in [-0.2, -0.15) is 0 Å². The predicted molar refractivity (Wildman–Crippen MR) is 167 cm³/mol. The van der Waals surface area contributed by atoms with E-state index in [0.29, 0.717) is 4.57 Å². The standard InChI is InChI=1S/C24H29F2N7O14P2S.H3N/c1-10(2)43-24(36)40-9-50-49(39)42-5-11-14(25)18(22(44-11)33-8-30-16-19(27)28-7-29-20(16)33)46-48(37,38)41-6-12-17(47-49)15(26)21(45-12)32-4-3-13(34)31-23(32)35;/h3-4,7-8,10-12,14-15,17-18,21-22H,5-6,9H2,1-2H3,(H,37,38)(H2,27,28,29)(H,31,34,35);1H3/t11-,12-,14-,15-,17-,18-,21-,22-,49?;/m1./s1. The van der Waals surface area contributed by atoms with Crippen LogP contribution < -0.4 is 28.0 Å². The molecule has 3 aromatic rings. The highest BCUT2D eigenvalue weighted by atomic mass is 32.7. The van der Waals surface area contributed by atoms with Crippen LogP contribution in [-0.2, 0) is 46.2 Å². The van der Waals surface area contributed by atoms with E-state index in [1.807, 2.05) is 4.98 Å². The minimum Gasteiger partial charge on any atom is -0.756 e. The maximum Gasteiger partial charge on any atom is 0.509 e. The van der Waals surface area contributed by atoms with Crippen molar-refractivity contribution in [2.24, 2.45) is 0 Å². The summed E-state index contributed by atoms with van der Waals surface area (Å²) in [6.07, 6.45) is -14.2. The summed E-state index contributed by atoms with van der Waals surface area (Å²) in [4.78, 5) is 63.0. The topological polar surface area (TPSA) is 309 Å². The fourth-order valence-electron chi connectivity index (χ4n) is 5.15. The number of fused-ring (bicyclic) bond motifs is 4. The summed E-state index contributed by atoms with van der Waals surface area (Å²) in [6.45, 7) is -3.66. The molecule has 22 nitrogen and oxygen atoms in total. The molecule has 3 aliphatic heterocycles. The molecule has 0 radical (unpaired) electrons. The van der Waals surface area contributed by atoms with E-state index in [-0.39, 0.29) is 34.5 Å². The van der Waals surface area contributed by atoms with E-state index < -0.39 is 106 Å². The number of phosphoric ester groups is 1. The summed E-state index contributed by atoms with van der Waals surface area (Å²) in [5.41, 5.74) is 4.03. The van der Waals surface area contributed by atoms with Crippen LogP contribution in [-0.4, -0.2) is 97.2 Å². The zero-order chi connectivity index (χ0) is 36.0. The molecule has 282 valence electrons. The highest BCUT2D eigenvalue weighted by molar-refractivity contribution is 8.55. The normalized spacial score (nSPS) is 34.2. The minimum absolute atomic E-state index is 0. The van der Waals surface area contributed by atoms with E-state index in [4.69, 9.17) is 42.8 Å². The van der Waals surface area contributed by atoms with E-state index in [1.165, 1.54) is 0 Å². The highest BCUT2D eigenvalue weighted by Gasteiger charge is 2.54. The molecule has 2 unspecified atom stereocenters. The maximum absolute atomic E-state index is 16.1. The van der Waals surface area contributed by atoms with Crippen LogP contribution >= 0.6 is 26.0 Å². The van der Waals surface area contributed by atoms with Gasteiger partial charge in [-0.15, -0.1) is 0 Å². The second-order valence-electron chi connectivity index (χ2n) is 11.1. The van der Waals surface area contributed by atoms with Gasteiger partial charge in [0.15, 0.2) is 42.2 Å². The fourth-order valence-corrected chi connectivity index (χ4v) is 8.84. The first-order valence-corrected chi connectivity index (χ1v) is 19.1. The Bertz CT molecular complexity index is 1950. The number of rotatable bonds is 6. The van der Waals surface area contributed by atoms with Gasteiger partial charge >= 0.3 is 18.6 Å². The van der Waals surface area contributed by atoms with Gasteiger partial charge in [0, 0.05) is 23.6 Å². The van der Waals surface area contributed by atoms with Crippen LogP contribution in [0.1, 0.15) is 26.3 Å². The Balaban J connectivity index is 0.00000504. The zero-order valence-electron chi connectivity index (χ0n) is 26.7. The predicted octanol–water partition coefficient (Wildman–Crippen LogP) is 1.45. The van der Waals surface area contributed by atoms with E-state index in [1.54, 1.807) is 13.8 Å². The Kier molecular flexibility index (Phi) is 11.7. The van der Waals surface area contributed by atoms with E-state index in [9.17, 15) is 28.4 Å². The van der Waals surface area contributed by atoms with Crippen LogP contribution in [0.4, 0.5) is 19.4 Å². The molecule has 3 saturated heterocycles. The number of anilines is 1. The first-order chi connectivity index (χ1) is 23.6. The summed E-state index contributed by atoms with van der Waals surface area (Å²) in [6, 6.07) is 0.893. The van der Waals surface area contributed by atoms with Gasteiger partial charge in [-0.3, -0.25) is 32.5 Å². The van der Waals surface area contributed by atoms with Crippen molar-refractivity contribution in [1.82, 2.24) is 35.2 Å². The number of hydrogen-bond donors (Lipinski definition) is 3. The van der Waals surface area contributed by atoms with Gasteiger partial charge in [0.05, 0.1) is 25.6 Å². The van der Waals surface area contributed by atoms with Crippen LogP contribution in [0.5, 0.6) is 0 Å². The molecule has 0 saturated carbocycles. The smallest absolute Gasteiger partial charge is 0.509 e. The molecule has 51 heavy (non-hydrogen) atoms. The molecule has 10 atom stereocenters. The highest BCUT2D eigenvalue weighted by Crippen LogP contribution is 2.63. The Morgan fingerprint density at radius 3 is 2.53 bits per heavy atom. The Morgan fingerprint density at radius 1 is 1.08 bits per heavy atom. The largest absolute Gasteiger partial charge is 0.756 e. The van der Waals surface area contributed by atoms with Gasteiger partial charge < -0.3 is 44.8 Å². The number of quaternary nitrogens is 1. The molecule has 6 rings (SSSR count). The van der Waals surface area contributed by atoms with Crippen LogP contribution in [0.15, 0.2) is 34.5 Å². The van der Waals surface area contributed by atoms with E-state index in [0.717, 1.165) is 29.5 Å². The van der Waals surface area contributed by atoms with Crippen LogP contribution in [0.3, 0.4) is 0 Å². The summed E-state index contributed by atoms with van der Waals surface area (Å²) < 4.78 is 103. The molecule has 0 amide bonds. The summed E-state index contributed by atoms with van der Waals surface area (Å²) in [5.74, 6) is -0.788. The molecule has 2 bridgehead atoms. The second kappa shape index (κ2) is 15.3. The van der Waals surface area contributed by atoms with Crippen LogP contribution in [0.2, 0.25) is 0 Å². The van der Waals surface area contributed by atoms with Gasteiger partial charge in [0.1, 0.15) is 36.3 Å². The monoisotopic (exact) mass is 788 g/mol. The molecule has 0 aromatic carbocycles. The number of phosphoric acid groups is 1. The number of carbonyl (C=O) groups excluding carboxylic acids is 1. The van der Waals surface area contributed by atoms with E-state index in [2.05, 4.69) is 15.0 Å². The lowest BCUT2D eigenvalue weighted by atomic mass is 10.1. The SMILES string of the molecule is CC(C)OC(=O)OCSP1(=O)OC[C@H]2O[C@@H](n3cnc4c(N)ncnc43)[C@H](OP(=O)([O-])OC[C@H]3O[C@@H](n4ccc(=O)[nH]c4=O)[C@H](F)[C@@H]3O1)[C@@H]2F.[NH4+]. The third-order valence-electron chi connectivity index (χ3n) is 7.33. The lowest BCUT2D eigenvalue weighted by molar-refractivity contribution is -0.236. The number of hydrogen-bond acceptors (Lipinski definition) is 19. The van der Waals surface area contributed by atoms with Crippen molar-refractivity contribution in [2.75, 3.05) is 24.9 Å². The van der Waals surface area contributed by atoms with Gasteiger partial charge in [-0.05, 0) is 13.8 Å². The average Bonchev–Trinajstić information content (AvgIpc) is 3.69. The molecular weight excluding hydrogens is 756 g/mol. The number of alkyl halides is 2. The first-order valence-electron chi connectivity index (χ1n) is 14.5. The molecular formula is C24H32F2N8O14P2S. The number of halogens is 2. The third-order valence-corrected chi connectivity index (χ3v) is 11.6. The van der Waals surface area contributed by atoms with Gasteiger partial charge in [0.25, 0.3) is 13.4 Å². The number of carbonyl (C=O) groups is 1. The van der Waals surface area contributed by atoms with Crippen molar-refractivity contribution >= 4 is 49.1 Å². The second-order valence-corrected chi connectivity index (χ2v) is 16.4. The minimum atomic E-state index is -5.52. The lowest BCUT2D eigenvalue weighted by Gasteiger charge is -2.30. The van der Waals surface area contributed by atoms with Crippen molar-refractivity contribution in [1.29, 1.82) is 0 Å². The molecule has 27 heteroatoms. The molecule has 3 aromatic heterocycles.